The number of aliphatic hydroxyl groups is 2. The number of aliphatic hydroxyl groups excluding tert-OH is 1. The zero-order valence-electron chi connectivity index (χ0n) is 15.5. The van der Waals surface area contributed by atoms with Crippen molar-refractivity contribution in [3.05, 3.63) is 35.2 Å². The highest BCUT2D eigenvalue weighted by molar-refractivity contribution is 14.0. The molecule has 1 aliphatic rings. The molecular weight excluding hydrogens is 477 g/mol. The van der Waals surface area contributed by atoms with Crippen LogP contribution in [0, 0.1) is 0 Å². The number of benzene rings is 1. The first-order valence-corrected chi connectivity index (χ1v) is 9.90. The Labute approximate surface area is 181 Å². The van der Waals surface area contributed by atoms with Crippen molar-refractivity contribution in [3.63, 3.8) is 0 Å². The third-order valence-corrected chi connectivity index (χ3v) is 5.75. The van der Waals surface area contributed by atoms with E-state index in [0.29, 0.717) is 51.6 Å². The first-order chi connectivity index (χ1) is 12.6. The molecule has 4 N–H and O–H groups in total. The van der Waals surface area contributed by atoms with Gasteiger partial charge in [-0.3, -0.25) is 4.99 Å². The maximum absolute atomic E-state index is 10.5. The lowest BCUT2D eigenvalue weighted by atomic mass is 9.95. The van der Waals surface area contributed by atoms with E-state index >= 15 is 0 Å². The molecule has 8 heteroatoms. The van der Waals surface area contributed by atoms with Crippen molar-refractivity contribution in [1.29, 1.82) is 0 Å². The van der Waals surface area contributed by atoms with Crippen LogP contribution in [0.2, 0.25) is 0 Å². The summed E-state index contributed by atoms with van der Waals surface area (Å²) in [5.41, 5.74) is -0.801. The Bertz CT molecular complexity index is 714. The third kappa shape index (κ3) is 6.28. The van der Waals surface area contributed by atoms with E-state index in [9.17, 15) is 10.2 Å². The van der Waals surface area contributed by atoms with Crippen molar-refractivity contribution in [2.24, 2.45) is 4.99 Å². The lowest BCUT2D eigenvalue weighted by Gasteiger charge is -2.30. The van der Waals surface area contributed by atoms with Gasteiger partial charge in [-0.2, -0.15) is 0 Å². The zero-order valence-corrected chi connectivity index (χ0v) is 18.6. The topological polar surface area (TPSA) is 86.1 Å². The van der Waals surface area contributed by atoms with Crippen LogP contribution >= 0.6 is 35.3 Å². The number of nitrogens with one attached hydrogen (secondary N) is 2. The molecule has 1 fully saturated rings. The van der Waals surface area contributed by atoms with Gasteiger partial charge in [-0.1, -0.05) is 18.2 Å². The second-order valence-electron chi connectivity index (χ2n) is 6.62. The fourth-order valence-corrected chi connectivity index (χ4v) is 3.99. The molecule has 1 aromatic carbocycles. The van der Waals surface area contributed by atoms with Gasteiger partial charge in [-0.15, -0.1) is 35.3 Å². The molecule has 1 saturated heterocycles. The van der Waals surface area contributed by atoms with E-state index in [1.807, 2.05) is 25.1 Å². The van der Waals surface area contributed by atoms with Gasteiger partial charge in [0.1, 0.15) is 6.10 Å². The summed E-state index contributed by atoms with van der Waals surface area (Å²) in [6.07, 6.45) is 0.586. The van der Waals surface area contributed by atoms with E-state index < -0.39 is 11.7 Å². The number of guanidine groups is 1. The summed E-state index contributed by atoms with van der Waals surface area (Å²) in [6.45, 7) is 4.53. The standard InChI is InChI=1S/C19H27N3O3S.HI/c1-2-20-18(22-13-19(24)7-9-25-10-8-19)21-12-15(23)17-11-14-5-3-4-6-16(14)26-17;/h3-6,11,15,23-24H,2,7-10,12-13H2,1H3,(H2,20,21,22);1H. The number of fused-ring (bicyclic) bond motifs is 1. The SMILES string of the molecule is CCNC(=NCC1(O)CCOCC1)NCC(O)c1cc2ccccc2s1.I. The molecule has 0 radical (unpaired) electrons. The average molecular weight is 505 g/mol. The van der Waals surface area contributed by atoms with Crippen LogP contribution in [0.1, 0.15) is 30.7 Å². The molecule has 150 valence electrons. The lowest BCUT2D eigenvalue weighted by Crippen LogP contribution is -2.43. The fraction of sp³-hybridized carbons (Fsp3) is 0.526. The number of thiophene rings is 1. The maximum Gasteiger partial charge on any atom is 0.191 e. The van der Waals surface area contributed by atoms with Crippen LogP contribution in [-0.2, 0) is 4.74 Å². The van der Waals surface area contributed by atoms with Crippen molar-refractivity contribution in [3.8, 4) is 0 Å². The van der Waals surface area contributed by atoms with Gasteiger partial charge in [0.2, 0.25) is 0 Å². The molecule has 1 unspecified atom stereocenters. The van der Waals surface area contributed by atoms with Crippen LogP contribution < -0.4 is 10.6 Å². The summed E-state index contributed by atoms with van der Waals surface area (Å²) in [7, 11) is 0. The van der Waals surface area contributed by atoms with Crippen LogP contribution in [0.4, 0.5) is 0 Å². The smallest absolute Gasteiger partial charge is 0.191 e. The number of hydrogen-bond acceptors (Lipinski definition) is 5. The molecular formula is C19H28IN3O3S. The molecule has 2 aromatic rings. The Balaban J connectivity index is 0.00000261. The van der Waals surface area contributed by atoms with Crippen LogP contribution in [0.3, 0.4) is 0 Å². The molecule has 3 rings (SSSR count). The molecule has 0 aliphatic carbocycles. The summed E-state index contributed by atoms with van der Waals surface area (Å²) < 4.78 is 6.47. The van der Waals surface area contributed by atoms with Gasteiger partial charge in [-0.05, 0) is 24.4 Å². The van der Waals surface area contributed by atoms with Crippen molar-refractivity contribution in [2.45, 2.75) is 31.5 Å². The first-order valence-electron chi connectivity index (χ1n) is 9.08. The fourth-order valence-electron chi connectivity index (χ4n) is 2.94. The summed E-state index contributed by atoms with van der Waals surface area (Å²) in [4.78, 5) is 5.43. The molecule has 27 heavy (non-hydrogen) atoms. The van der Waals surface area contributed by atoms with E-state index in [1.54, 1.807) is 11.3 Å². The Hall–Kier alpha value is -0.940. The molecule has 0 spiro atoms. The Kier molecular flexibility index (Phi) is 8.74. The van der Waals surface area contributed by atoms with Crippen molar-refractivity contribution in [2.75, 3.05) is 32.8 Å². The Morgan fingerprint density at radius 2 is 2.04 bits per heavy atom. The van der Waals surface area contributed by atoms with Gasteiger partial charge in [-0.25, -0.2) is 0 Å². The highest BCUT2D eigenvalue weighted by Gasteiger charge is 2.29. The molecule has 1 atom stereocenters. The maximum atomic E-state index is 10.5. The van der Waals surface area contributed by atoms with Gasteiger partial charge < -0.3 is 25.6 Å². The minimum atomic E-state index is -0.801. The van der Waals surface area contributed by atoms with Gasteiger partial charge in [0.25, 0.3) is 0 Å². The van der Waals surface area contributed by atoms with Gasteiger partial charge >= 0.3 is 0 Å². The number of rotatable bonds is 6. The molecule has 6 nitrogen and oxygen atoms in total. The quantitative estimate of drug-likeness (QED) is 0.276. The number of aliphatic imine (C=N–C) groups is 1. The second-order valence-corrected chi connectivity index (χ2v) is 7.73. The molecule has 1 aromatic heterocycles. The Morgan fingerprint density at radius 1 is 1.30 bits per heavy atom. The predicted octanol–water partition coefficient (Wildman–Crippen LogP) is 2.65. The van der Waals surface area contributed by atoms with E-state index in [1.165, 1.54) is 4.70 Å². The highest BCUT2D eigenvalue weighted by Crippen LogP contribution is 2.29. The minimum absolute atomic E-state index is 0. The summed E-state index contributed by atoms with van der Waals surface area (Å²) in [6, 6.07) is 10.1. The predicted molar refractivity (Wildman–Crippen MR) is 121 cm³/mol. The van der Waals surface area contributed by atoms with Gasteiger partial charge in [0, 0.05) is 48.7 Å². The summed E-state index contributed by atoms with van der Waals surface area (Å²) >= 11 is 1.60. The molecule has 1 aliphatic heterocycles. The van der Waals surface area contributed by atoms with E-state index in [0.717, 1.165) is 10.3 Å². The number of ether oxygens (including phenoxy) is 1. The van der Waals surface area contributed by atoms with Crippen molar-refractivity contribution >= 4 is 51.4 Å². The molecule has 2 heterocycles. The van der Waals surface area contributed by atoms with E-state index in [-0.39, 0.29) is 24.0 Å². The molecule has 0 amide bonds. The number of nitrogens with zero attached hydrogens (tertiary/aromatic N) is 1. The van der Waals surface area contributed by atoms with Crippen LogP contribution in [0.15, 0.2) is 35.3 Å². The van der Waals surface area contributed by atoms with Crippen molar-refractivity contribution < 1.29 is 14.9 Å². The average Bonchev–Trinajstić information content (AvgIpc) is 3.09. The van der Waals surface area contributed by atoms with Crippen molar-refractivity contribution in [1.82, 2.24) is 10.6 Å². The third-order valence-electron chi connectivity index (χ3n) is 4.54. The molecule has 0 saturated carbocycles. The highest BCUT2D eigenvalue weighted by atomic mass is 127. The minimum Gasteiger partial charge on any atom is -0.388 e. The van der Waals surface area contributed by atoms with Gasteiger partial charge in [0.15, 0.2) is 5.96 Å². The molecule has 0 bridgehead atoms. The van der Waals surface area contributed by atoms with E-state index in [2.05, 4.69) is 27.8 Å². The monoisotopic (exact) mass is 505 g/mol. The number of hydrogen-bond donors (Lipinski definition) is 4. The Morgan fingerprint density at radius 3 is 2.74 bits per heavy atom. The zero-order chi connectivity index (χ0) is 18.4. The first kappa shape index (κ1) is 22.4. The number of halogens is 1. The van der Waals surface area contributed by atoms with Gasteiger partial charge in [0.05, 0.1) is 12.1 Å². The van der Waals surface area contributed by atoms with E-state index in [4.69, 9.17) is 4.74 Å². The summed E-state index contributed by atoms with van der Waals surface area (Å²) in [5, 5.41) is 28.5. The summed E-state index contributed by atoms with van der Waals surface area (Å²) in [5.74, 6) is 0.604. The van der Waals surface area contributed by atoms with Crippen LogP contribution in [-0.4, -0.2) is 54.6 Å². The van der Waals surface area contributed by atoms with Crippen LogP contribution in [0.5, 0.6) is 0 Å². The second kappa shape index (κ2) is 10.6. The van der Waals surface area contributed by atoms with Crippen LogP contribution in [0.25, 0.3) is 10.1 Å². The largest absolute Gasteiger partial charge is 0.388 e. The normalized spacial score (nSPS) is 18.0. The lowest BCUT2D eigenvalue weighted by molar-refractivity contribution is -0.0566.